The zero-order valence-corrected chi connectivity index (χ0v) is 38.5. The molecule has 0 saturated carbocycles. The molecule has 0 rings (SSSR count). The van der Waals surface area contributed by atoms with Crippen LogP contribution in [0.2, 0.25) is 0 Å². The molecule has 0 fully saturated rings. The lowest BCUT2D eigenvalue weighted by molar-refractivity contribution is -0.122. The molecule has 0 spiro atoms. The summed E-state index contributed by atoms with van der Waals surface area (Å²) in [5, 5.41) is 6.09. The average molecular weight is 802 g/mol. The van der Waals surface area contributed by atoms with Crippen molar-refractivity contribution in [2.75, 3.05) is 0 Å². The van der Waals surface area contributed by atoms with E-state index in [1.807, 2.05) is 13.8 Å². The summed E-state index contributed by atoms with van der Waals surface area (Å²) in [5.74, 6) is -0.561. The second kappa shape index (κ2) is 37.1. The van der Waals surface area contributed by atoms with Crippen LogP contribution in [0.15, 0.2) is 0 Å². The number of nitrogens with one attached hydrogen (secondary N) is 2. The first-order valence-corrected chi connectivity index (χ1v) is 24.8. The molecule has 55 heavy (non-hydrogen) atoms. The van der Waals surface area contributed by atoms with E-state index < -0.39 is 20.8 Å². The van der Waals surface area contributed by atoms with E-state index in [4.69, 9.17) is 0 Å². The molecule has 0 aliphatic carbocycles. The Hall–Kier alpha value is -1.19. The molecule has 0 saturated heterocycles. The highest BCUT2D eigenvalue weighted by Gasteiger charge is 2.37. The van der Waals surface area contributed by atoms with Gasteiger partial charge in [0.05, 0.1) is 4.75 Å². The van der Waals surface area contributed by atoms with Crippen LogP contribution in [-0.2, 0) is 19.7 Å². The summed E-state index contributed by atoms with van der Waals surface area (Å²) >= 11 is 0. The molecule has 0 aliphatic rings. The van der Waals surface area contributed by atoms with Gasteiger partial charge < -0.3 is 21.3 Å². The van der Waals surface area contributed by atoms with E-state index in [-0.39, 0.29) is 30.0 Å². The molecule has 2 amide bonds. The minimum atomic E-state index is -4.60. The van der Waals surface area contributed by atoms with Gasteiger partial charge in [0, 0.05) is 24.9 Å². The molecular formula is C46H95N3O5S. The number of rotatable bonds is 40. The molecule has 2 unspecified atom stereocenters. The van der Waals surface area contributed by atoms with Crippen molar-refractivity contribution < 1.29 is 22.6 Å². The highest BCUT2D eigenvalue weighted by atomic mass is 32.2. The van der Waals surface area contributed by atoms with Gasteiger partial charge in [-0.2, -0.15) is 0 Å². The van der Waals surface area contributed by atoms with Crippen LogP contribution < -0.4 is 16.8 Å². The number of unbranched alkanes of at least 4 members (excludes halogenated alkanes) is 28. The van der Waals surface area contributed by atoms with Gasteiger partial charge in [0.15, 0.2) is 0 Å². The molecule has 2 atom stereocenters. The van der Waals surface area contributed by atoms with E-state index in [1.54, 1.807) is 0 Å². The van der Waals surface area contributed by atoms with Crippen LogP contribution in [0.25, 0.3) is 0 Å². The largest absolute Gasteiger partial charge is 0.748 e. The molecule has 6 N–H and O–H groups in total. The Morgan fingerprint density at radius 1 is 0.473 bits per heavy atom. The van der Waals surface area contributed by atoms with Crippen LogP contribution in [0.5, 0.6) is 0 Å². The fourth-order valence-corrected chi connectivity index (χ4v) is 8.45. The van der Waals surface area contributed by atoms with Crippen molar-refractivity contribution in [3.8, 4) is 0 Å². The fraction of sp³-hybridized carbons (Fsp3) is 0.957. The summed E-state index contributed by atoms with van der Waals surface area (Å²) in [5.41, 5.74) is 0. The first kappa shape index (κ1) is 55.9. The molecule has 0 radical (unpaired) electrons. The standard InChI is InChI=1S/C46H92N2O5S.H3N/c1-7-9-11-13-15-17-19-21-23-25-27-29-31-33-35-37-44(49)47-41(3)39-43(46(5,6)54(51,52)53)40-42(4)48-45(50)38-36-34-32-30-28-26-24-22-20-18-16-14-12-10-8-2;/h41-43H,7-40H2,1-6H3,(H,47,49)(H,48,50)(H,51,52,53);1H3. The third-order valence-electron chi connectivity index (χ3n) is 11.7. The van der Waals surface area contributed by atoms with E-state index in [2.05, 4.69) is 24.5 Å². The van der Waals surface area contributed by atoms with Crippen molar-refractivity contribution in [2.24, 2.45) is 5.92 Å². The summed E-state index contributed by atoms with van der Waals surface area (Å²) in [7, 11) is -4.60. The maximum absolute atomic E-state index is 12.7. The summed E-state index contributed by atoms with van der Waals surface area (Å²) in [6.45, 7) is 11.3. The summed E-state index contributed by atoms with van der Waals surface area (Å²) < 4.78 is 35.4. The van der Waals surface area contributed by atoms with Crippen LogP contribution in [0.3, 0.4) is 0 Å². The lowest BCUT2D eigenvalue weighted by Crippen LogP contribution is -2.46. The predicted octanol–water partition coefficient (Wildman–Crippen LogP) is 13.6. The van der Waals surface area contributed by atoms with Crippen LogP contribution in [0.1, 0.15) is 260 Å². The van der Waals surface area contributed by atoms with Crippen molar-refractivity contribution in [1.29, 1.82) is 0 Å². The van der Waals surface area contributed by atoms with E-state index in [1.165, 1.54) is 168 Å². The minimum Gasteiger partial charge on any atom is -0.748 e. The van der Waals surface area contributed by atoms with Crippen molar-refractivity contribution >= 4 is 21.9 Å². The van der Waals surface area contributed by atoms with E-state index in [0.29, 0.717) is 25.7 Å². The molecule has 0 bridgehead atoms. The Morgan fingerprint density at radius 3 is 0.909 bits per heavy atom. The Morgan fingerprint density at radius 2 is 0.691 bits per heavy atom. The van der Waals surface area contributed by atoms with Gasteiger partial charge in [0.25, 0.3) is 0 Å². The number of carbonyl (C=O) groups excluding carboxylic acids is 2. The Balaban J connectivity index is 0. The monoisotopic (exact) mass is 802 g/mol. The fourth-order valence-electron chi connectivity index (χ4n) is 7.85. The molecule has 0 aromatic carbocycles. The zero-order valence-electron chi connectivity index (χ0n) is 37.7. The summed E-state index contributed by atoms with van der Waals surface area (Å²) in [4.78, 5) is 25.4. The molecule has 8 nitrogen and oxygen atoms in total. The third kappa shape index (κ3) is 33.5. The van der Waals surface area contributed by atoms with Gasteiger partial charge in [-0.3, -0.25) is 9.59 Å². The average Bonchev–Trinajstić information content (AvgIpc) is 3.10. The first-order valence-electron chi connectivity index (χ1n) is 23.4. The van der Waals surface area contributed by atoms with Crippen LogP contribution >= 0.6 is 0 Å². The zero-order chi connectivity index (χ0) is 40.3. The molecule has 330 valence electrons. The van der Waals surface area contributed by atoms with Crippen LogP contribution in [-0.4, -0.2) is 41.6 Å². The molecule has 0 aromatic heterocycles. The van der Waals surface area contributed by atoms with Crippen molar-refractivity contribution in [1.82, 2.24) is 16.8 Å². The topological polar surface area (TPSA) is 152 Å². The highest BCUT2D eigenvalue weighted by molar-refractivity contribution is 7.87. The molecular weight excluding hydrogens is 707 g/mol. The third-order valence-corrected chi connectivity index (χ3v) is 13.4. The van der Waals surface area contributed by atoms with Gasteiger partial charge in [0.2, 0.25) is 11.8 Å². The van der Waals surface area contributed by atoms with Gasteiger partial charge in [-0.25, -0.2) is 8.42 Å². The summed E-state index contributed by atoms with van der Waals surface area (Å²) in [6, 6.07) is -0.550. The summed E-state index contributed by atoms with van der Waals surface area (Å²) in [6.07, 6.45) is 40.0. The van der Waals surface area contributed by atoms with E-state index >= 15 is 0 Å². The van der Waals surface area contributed by atoms with Crippen LogP contribution in [0, 0.1) is 5.92 Å². The molecule has 9 heteroatoms. The van der Waals surface area contributed by atoms with Crippen LogP contribution in [0.4, 0.5) is 0 Å². The second-order valence-corrected chi connectivity index (χ2v) is 19.5. The number of amides is 2. The molecule has 0 aromatic rings. The van der Waals surface area contributed by atoms with Crippen molar-refractivity contribution in [2.45, 2.75) is 277 Å². The Kier molecular flexibility index (Phi) is 37.7. The SMILES string of the molecule is CCCCCCCCCCCCCCCCCC(=O)NC(C)CC(CC(C)NC(=O)CCCCCCCCCCCCCCCCC)C(C)(C)S(=O)(=O)[O-].[NH4+]. The quantitative estimate of drug-likeness (QED) is 0.0416. The molecule has 0 aliphatic heterocycles. The first-order chi connectivity index (χ1) is 25.8. The number of carbonyl (C=O) groups is 2. The lowest BCUT2D eigenvalue weighted by atomic mass is 9.83. The maximum atomic E-state index is 12.7. The van der Waals surface area contributed by atoms with Gasteiger partial charge in [-0.1, -0.05) is 194 Å². The lowest BCUT2D eigenvalue weighted by Gasteiger charge is -2.39. The Bertz CT molecular complexity index is 934. The Labute approximate surface area is 342 Å². The second-order valence-electron chi connectivity index (χ2n) is 17.6. The predicted molar refractivity (Wildman–Crippen MR) is 237 cm³/mol. The van der Waals surface area contributed by atoms with E-state index in [0.717, 1.165) is 38.5 Å². The van der Waals surface area contributed by atoms with Gasteiger partial charge >= 0.3 is 0 Å². The smallest absolute Gasteiger partial charge is 0.220 e. The maximum Gasteiger partial charge on any atom is 0.220 e. The van der Waals surface area contributed by atoms with E-state index in [9.17, 15) is 22.6 Å². The molecule has 0 heterocycles. The van der Waals surface area contributed by atoms with Crippen molar-refractivity contribution in [3.05, 3.63) is 0 Å². The normalized spacial score (nSPS) is 13.6. The number of hydrogen-bond donors (Lipinski definition) is 3. The van der Waals surface area contributed by atoms with Gasteiger partial charge in [0.1, 0.15) is 10.1 Å². The number of quaternary nitrogens is 1. The minimum absolute atomic E-state index is 0. The number of hydrogen-bond acceptors (Lipinski definition) is 5. The van der Waals surface area contributed by atoms with Crippen molar-refractivity contribution in [3.63, 3.8) is 0 Å². The van der Waals surface area contributed by atoms with Gasteiger partial charge in [-0.05, 0) is 59.3 Å². The highest BCUT2D eigenvalue weighted by Crippen LogP contribution is 2.33. The van der Waals surface area contributed by atoms with Gasteiger partial charge in [-0.15, -0.1) is 0 Å².